The van der Waals surface area contributed by atoms with Crippen LogP contribution < -0.4 is 21.3 Å². The average Bonchev–Trinajstić information content (AvgIpc) is 2.96. The summed E-state index contributed by atoms with van der Waals surface area (Å²) >= 11 is 0. The molecule has 0 aromatic heterocycles. The van der Waals surface area contributed by atoms with Crippen LogP contribution in [0.25, 0.3) is 0 Å². The Labute approximate surface area is 258 Å². The number of hydrogen-bond acceptors (Lipinski definition) is 11. The number of fused-ring (bicyclic) bond motifs is 3. The van der Waals surface area contributed by atoms with Crippen molar-refractivity contribution in [2.75, 3.05) is 38.4 Å². The number of Topliss-reactive ketones (excluding diaryl/α,β-unsaturated/α-hetero) is 3. The number of hydrogen-bond donors (Lipinski definition) is 6. The van der Waals surface area contributed by atoms with Gasteiger partial charge in [-0.3, -0.25) is 29.3 Å². The number of phenols is 1. The summed E-state index contributed by atoms with van der Waals surface area (Å²) in [6, 6.07) is 7.37. The van der Waals surface area contributed by atoms with E-state index in [1.165, 1.54) is 23.1 Å². The second-order valence-corrected chi connectivity index (χ2v) is 12.3. The maximum atomic E-state index is 14.1. The molecule has 4 amide bonds. The van der Waals surface area contributed by atoms with Crippen molar-refractivity contribution in [2.24, 2.45) is 29.4 Å². The first-order chi connectivity index (χ1) is 21.1. The molecule has 2 saturated carbocycles. The molecule has 2 fully saturated rings. The third-order valence-electron chi connectivity index (χ3n) is 9.26. The fraction of sp³-hybridized carbons (Fsp3) is 0.419. The van der Waals surface area contributed by atoms with Gasteiger partial charge in [-0.25, -0.2) is 4.79 Å². The number of urea groups is 1. The van der Waals surface area contributed by atoms with Crippen LogP contribution in [0, 0.1) is 23.7 Å². The highest BCUT2D eigenvalue weighted by molar-refractivity contribution is 6.26. The number of anilines is 2. The minimum Gasteiger partial charge on any atom is -0.505 e. The lowest BCUT2D eigenvalue weighted by Gasteiger charge is -2.55. The topological polar surface area (TPSA) is 220 Å². The molecule has 3 unspecified atom stereocenters. The van der Waals surface area contributed by atoms with Gasteiger partial charge in [0.25, 0.3) is 5.91 Å². The minimum absolute atomic E-state index is 0.0349. The van der Waals surface area contributed by atoms with Crippen LogP contribution in [0.4, 0.5) is 16.2 Å². The van der Waals surface area contributed by atoms with E-state index in [0.29, 0.717) is 11.3 Å². The third kappa shape index (κ3) is 4.94. The summed E-state index contributed by atoms with van der Waals surface area (Å²) in [4.78, 5) is 82.3. The van der Waals surface area contributed by atoms with Crippen LogP contribution in [0.2, 0.25) is 0 Å². The van der Waals surface area contributed by atoms with E-state index in [1.54, 1.807) is 51.3 Å². The van der Waals surface area contributed by atoms with Gasteiger partial charge in [-0.2, -0.15) is 0 Å². The molecule has 2 aromatic carbocycles. The highest BCUT2D eigenvalue weighted by Gasteiger charge is 2.69. The number of benzene rings is 2. The van der Waals surface area contributed by atoms with Crippen LogP contribution in [-0.4, -0.2) is 101 Å². The molecule has 0 bridgehead atoms. The van der Waals surface area contributed by atoms with Crippen LogP contribution in [0.5, 0.6) is 5.75 Å². The van der Waals surface area contributed by atoms with Gasteiger partial charge in [0.2, 0.25) is 5.91 Å². The van der Waals surface area contributed by atoms with Crippen LogP contribution >= 0.6 is 0 Å². The second-order valence-electron chi connectivity index (χ2n) is 12.3. The molecule has 0 aliphatic heterocycles. The number of aliphatic hydroxyl groups is 2. The number of amides is 4. The number of carbonyl (C=O) groups excluding carboxylic acids is 6. The zero-order valence-electron chi connectivity index (χ0n) is 25.1. The average molecular weight is 622 g/mol. The summed E-state index contributed by atoms with van der Waals surface area (Å²) in [6.45, 7) is 0. The molecule has 3 aliphatic rings. The first-order valence-electron chi connectivity index (χ1n) is 14.3. The monoisotopic (exact) mass is 621 g/mol. The van der Waals surface area contributed by atoms with Gasteiger partial charge in [-0.1, -0.05) is 18.2 Å². The van der Waals surface area contributed by atoms with Crippen molar-refractivity contribution in [2.45, 2.75) is 30.6 Å². The molecule has 0 radical (unpaired) electrons. The van der Waals surface area contributed by atoms with Gasteiger partial charge in [0.15, 0.2) is 23.0 Å². The Balaban J connectivity index is 1.54. The predicted molar refractivity (Wildman–Crippen MR) is 160 cm³/mol. The molecule has 0 spiro atoms. The Kier molecular flexibility index (Phi) is 8.02. The summed E-state index contributed by atoms with van der Waals surface area (Å²) in [5.41, 5.74) is 3.15. The number of primary amides is 1. The highest BCUT2D eigenvalue weighted by atomic mass is 16.3. The van der Waals surface area contributed by atoms with E-state index in [4.69, 9.17) is 5.73 Å². The van der Waals surface area contributed by atoms with E-state index in [2.05, 4.69) is 10.6 Å². The lowest BCUT2D eigenvalue weighted by molar-refractivity contribution is -0.190. The number of nitrogens with one attached hydrogen (secondary N) is 2. The zero-order valence-corrected chi connectivity index (χ0v) is 25.1. The van der Waals surface area contributed by atoms with Crippen molar-refractivity contribution in [3.63, 3.8) is 0 Å². The molecular formula is C31H35N5O9. The molecule has 2 aromatic rings. The molecule has 7 atom stereocenters. The Morgan fingerprint density at radius 3 is 2.24 bits per heavy atom. The fourth-order valence-corrected chi connectivity index (χ4v) is 7.28. The highest BCUT2D eigenvalue weighted by Crippen LogP contribution is 2.53. The standard InChI is InChI=1S/C31H35N5O9/c1-35(2)18-12-17(33-30(44)34-29(43)13-8-6-5-7-9-13)23(37)20-15(18)10-14-11-16-22(36(3)4)25(39)21(28(32)42)27(41)31(16,45)26(40)19(14)24(20)38/h5-9,12,14,16,19,21-22,25,37,39,45H,10-11H2,1-4H3,(H2,32,42)(H2,33,34,43,44)/t14-,16-,19?,21?,22-,25?,31-/m1/s1. The lowest BCUT2D eigenvalue weighted by Crippen LogP contribution is -2.75. The third-order valence-corrected chi connectivity index (χ3v) is 9.26. The van der Waals surface area contributed by atoms with Crippen molar-refractivity contribution in [3.05, 3.63) is 53.1 Å². The Hall–Kier alpha value is -4.66. The van der Waals surface area contributed by atoms with Crippen LogP contribution in [0.1, 0.15) is 32.7 Å². The summed E-state index contributed by atoms with van der Waals surface area (Å²) in [5, 5.41) is 38.6. The van der Waals surface area contributed by atoms with Crippen LogP contribution in [0.3, 0.4) is 0 Å². The number of aliphatic hydroxyl groups excluding tert-OH is 1. The van der Waals surface area contributed by atoms with Crippen molar-refractivity contribution in [1.82, 2.24) is 10.2 Å². The SMILES string of the molecule is CN(C)c1cc(NC(=O)NC(=O)c2ccccc2)c(O)c2c1C[C@@H]1C[C@@H]3[C@@H](N(C)C)C(O)C(C(N)=O)C(=O)[C@]3(O)C(=O)C1C2=O. The molecule has 5 rings (SSSR count). The number of imide groups is 1. The van der Waals surface area contributed by atoms with Gasteiger partial charge in [0, 0.05) is 37.3 Å². The second kappa shape index (κ2) is 11.4. The molecule has 0 heterocycles. The maximum Gasteiger partial charge on any atom is 0.326 e. The number of nitrogens with two attached hydrogens (primary N) is 1. The maximum absolute atomic E-state index is 14.1. The first kappa shape index (κ1) is 31.8. The number of nitrogens with zero attached hydrogens (tertiary/aromatic N) is 2. The number of ketones is 3. The normalized spacial score (nSPS) is 28.9. The Morgan fingerprint density at radius 2 is 1.67 bits per heavy atom. The predicted octanol–water partition coefficient (Wildman–Crippen LogP) is -0.313. The molecule has 45 heavy (non-hydrogen) atoms. The number of phenolic OH excluding ortho intramolecular Hbond substituents is 1. The smallest absolute Gasteiger partial charge is 0.326 e. The van der Waals surface area contributed by atoms with E-state index in [9.17, 15) is 44.1 Å². The van der Waals surface area contributed by atoms with Gasteiger partial charge in [0.1, 0.15) is 11.7 Å². The van der Waals surface area contributed by atoms with E-state index < -0.39 is 82.4 Å². The lowest BCUT2D eigenvalue weighted by atomic mass is 9.52. The number of aromatic hydroxyl groups is 1. The summed E-state index contributed by atoms with van der Waals surface area (Å²) < 4.78 is 0. The zero-order chi connectivity index (χ0) is 33.1. The summed E-state index contributed by atoms with van der Waals surface area (Å²) in [5.74, 6) is -11.2. The van der Waals surface area contributed by atoms with Crippen molar-refractivity contribution in [1.29, 1.82) is 0 Å². The van der Waals surface area contributed by atoms with Crippen molar-refractivity contribution >= 4 is 46.6 Å². The molecule has 14 heteroatoms. The fourth-order valence-electron chi connectivity index (χ4n) is 7.28. The van der Waals surface area contributed by atoms with Crippen LogP contribution in [0.15, 0.2) is 36.4 Å². The first-order valence-corrected chi connectivity index (χ1v) is 14.3. The largest absolute Gasteiger partial charge is 0.505 e. The molecule has 14 nitrogen and oxygen atoms in total. The summed E-state index contributed by atoms with van der Waals surface area (Å²) in [6.07, 6.45) is -1.55. The van der Waals surface area contributed by atoms with Gasteiger partial charge < -0.3 is 36.2 Å². The molecule has 7 N–H and O–H groups in total. The number of likely N-dealkylation sites (N-methyl/N-ethyl adjacent to an activating group) is 1. The molecular weight excluding hydrogens is 586 g/mol. The van der Waals surface area contributed by atoms with Crippen molar-refractivity contribution < 1.29 is 44.1 Å². The molecule has 238 valence electrons. The van der Waals surface area contributed by atoms with Gasteiger partial charge in [-0.15, -0.1) is 0 Å². The van der Waals surface area contributed by atoms with Gasteiger partial charge in [-0.05, 0) is 56.6 Å². The minimum atomic E-state index is -2.80. The van der Waals surface area contributed by atoms with E-state index >= 15 is 0 Å². The Bertz CT molecular complexity index is 1620. The summed E-state index contributed by atoms with van der Waals surface area (Å²) in [7, 11) is 6.50. The molecule has 0 saturated heterocycles. The Morgan fingerprint density at radius 1 is 1.02 bits per heavy atom. The van der Waals surface area contributed by atoms with Gasteiger partial charge >= 0.3 is 6.03 Å². The van der Waals surface area contributed by atoms with E-state index in [0.717, 1.165) is 0 Å². The number of carbonyl (C=O) groups is 6. The van der Waals surface area contributed by atoms with E-state index in [-0.39, 0.29) is 29.7 Å². The van der Waals surface area contributed by atoms with E-state index in [1.807, 2.05) is 0 Å². The van der Waals surface area contributed by atoms with Gasteiger partial charge in [0.05, 0.1) is 23.3 Å². The van der Waals surface area contributed by atoms with Crippen LogP contribution in [-0.2, 0) is 20.8 Å². The van der Waals surface area contributed by atoms with Crippen molar-refractivity contribution in [3.8, 4) is 5.75 Å². The quantitative estimate of drug-likeness (QED) is 0.188. The molecule has 3 aliphatic carbocycles. The number of rotatable bonds is 5.